The van der Waals surface area contributed by atoms with Gasteiger partial charge < -0.3 is 34.3 Å². The zero-order valence-corrected chi connectivity index (χ0v) is 18.8. The second-order valence-corrected chi connectivity index (χ2v) is 8.00. The smallest absolute Gasteiger partial charge is 0.347 e. The molecule has 0 spiro atoms. The standard InChI is InChI=1S/C26H22O9/c1-14(27)13-26(33-2)18(9-16-5-8-20(29)22(31)11-16)24-23(35-26)12-17(34-25(24)32)6-3-15-4-7-19(28)21(30)10-15/h3-12,28-31H,13H2,1-2H3/b6-3+,18-9-/t26-/m0/s1. The van der Waals surface area contributed by atoms with Crippen molar-refractivity contribution in [3.63, 3.8) is 0 Å². The SMILES string of the molecule is CO[C@@]1(CC(C)=O)Oc2cc(/C=C/c3ccc(O)c(O)c3)oc(=O)c2/C1=C/c1ccc(O)c(O)c1. The second kappa shape index (κ2) is 9.03. The number of benzene rings is 2. The van der Waals surface area contributed by atoms with Gasteiger partial charge in [0, 0.05) is 18.7 Å². The minimum Gasteiger partial charge on any atom is -0.504 e. The van der Waals surface area contributed by atoms with Crippen molar-refractivity contribution in [2.45, 2.75) is 19.1 Å². The van der Waals surface area contributed by atoms with Crippen molar-refractivity contribution in [1.29, 1.82) is 0 Å². The van der Waals surface area contributed by atoms with E-state index in [9.17, 15) is 30.0 Å². The Bertz CT molecular complexity index is 1430. The van der Waals surface area contributed by atoms with Gasteiger partial charge in [0.25, 0.3) is 0 Å². The molecule has 1 atom stereocenters. The van der Waals surface area contributed by atoms with Crippen LogP contribution in [-0.4, -0.2) is 39.1 Å². The summed E-state index contributed by atoms with van der Waals surface area (Å²) in [6, 6.07) is 9.78. The van der Waals surface area contributed by atoms with Crippen LogP contribution in [-0.2, 0) is 9.53 Å². The fraction of sp³-hybridized carbons (Fsp3) is 0.154. The summed E-state index contributed by atoms with van der Waals surface area (Å²) in [5.41, 5.74) is 0.502. The first-order valence-electron chi connectivity index (χ1n) is 10.5. The van der Waals surface area contributed by atoms with Crippen molar-refractivity contribution >= 4 is 29.6 Å². The quantitative estimate of drug-likeness (QED) is 0.387. The van der Waals surface area contributed by atoms with Gasteiger partial charge in [-0.3, -0.25) is 4.79 Å². The fourth-order valence-corrected chi connectivity index (χ4v) is 3.80. The molecule has 1 aromatic heterocycles. The predicted molar refractivity (Wildman–Crippen MR) is 127 cm³/mol. The second-order valence-electron chi connectivity index (χ2n) is 8.00. The van der Waals surface area contributed by atoms with E-state index in [1.54, 1.807) is 12.1 Å². The maximum atomic E-state index is 13.0. The normalized spacial score (nSPS) is 18.1. The molecule has 0 fully saturated rings. The Hall–Kier alpha value is -4.50. The van der Waals surface area contributed by atoms with E-state index < -0.39 is 11.4 Å². The Balaban J connectivity index is 1.81. The molecule has 4 rings (SSSR count). The summed E-state index contributed by atoms with van der Waals surface area (Å²) in [6.07, 6.45) is 4.36. The molecule has 4 N–H and O–H groups in total. The third kappa shape index (κ3) is 4.62. The lowest BCUT2D eigenvalue weighted by Crippen LogP contribution is -2.38. The van der Waals surface area contributed by atoms with Gasteiger partial charge >= 0.3 is 5.63 Å². The largest absolute Gasteiger partial charge is 0.504 e. The highest BCUT2D eigenvalue weighted by Crippen LogP contribution is 2.46. The number of ketones is 1. The van der Waals surface area contributed by atoms with Crippen LogP contribution in [0.15, 0.2) is 51.7 Å². The molecule has 180 valence electrons. The van der Waals surface area contributed by atoms with E-state index in [0.29, 0.717) is 11.1 Å². The summed E-state index contributed by atoms with van der Waals surface area (Å²) >= 11 is 0. The van der Waals surface area contributed by atoms with E-state index >= 15 is 0 Å². The Morgan fingerprint density at radius 1 is 0.943 bits per heavy atom. The van der Waals surface area contributed by atoms with Gasteiger partial charge in [0.05, 0.1) is 6.42 Å². The summed E-state index contributed by atoms with van der Waals surface area (Å²) in [5.74, 6) is -2.82. The Morgan fingerprint density at radius 2 is 1.57 bits per heavy atom. The van der Waals surface area contributed by atoms with Crippen molar-refractivity contribution in [1.82, 2.24) is 0 Å². The molecule has 2 aromatic carbocycles. The molecule has 0 saturated heterocycles. The van der Waals surface area contributed by atoms with Crippen molar-refractivity contribution < 1.29 is 39.1 Å². The first-order chi connectivity index (χ1) is 16.6. The highest BCUT2D eigenvalue weighted by atomic mass is 16.7. The number of carbonyl (C=O) groups excluding carboxylic acids is 1. The number of aromatic hydroxyl groups is 4. The zero-order chi connectivity index (χ0) is 25.3. The molecule has 1 aliphatic heterocycles. The number of hydrogen-bond acceptors (Lipinski definition) is 9. The maximum Gasteiger partial charge on any atom is 0.347 e. The van der Waals surface area contributed by atoms with Crippen LogP contribution < -0.4 is 10.4 Å². The van der Waals surface area contributed by atoms with Gasteiger partial charge in [-0.15, -0.1) is 0 Å². The molecule has 0 aliphatic carbocycles. The molecule has 0 saturated carbocycles. The van der Waals surface area contributed by atoms with Crippen LogP contribution in [0.4, 0.5) is 0 Å². The Morgan fingerprint density at radius 3 is 2.17 bits per heavy atom. The fourth-order valence-electron chi connectivity index (χ4n) is 3.80. The van der Waals surface area contributed by atoms with E-state index in [0.717, 1.165) is 0 Å². The van der Waals surface area contributed by atoms with Crippen molar-refractivity contribution in [2.24, 2.45) is 0 Å². The molecule has 0 unspecified atom stereocenters. The number of Topliss-reactive ketones (excluding diaryl/α,β-unsaturated/α-hetero) is 1. The lowest BCUT2D eigenvalue weighted by Gasteiger charge is -2.27. The van der Waals surface area contributed by atoms with E-state index in [4.69, 9.17) is 13.9 Å². The van der Waals surface area contributed by atoms with Crippen molar-refractivity contribution in [3.05, 3.63) is 75.3 Å². The lowest BCUT2D eigenvalue weighted by molar-refractivity contribution is -0.138. The van der Waals surface area contributed by atoms with Crippen LogP contribution >= 0.6 is 0 Å². The molecule has 2 heterocycles. The molecular formula is C26H22O9. The van der Waals surface area contributed by atoms with Crippen molar-refractivity contribution in [3.8, 4) is 28.7 Å². The van der Waals surface area contributed by atoms with Gasteiger partial charge in [-0.2, -0.15) is 0 Å². The molecule has 9 heteroatoms. The zero-order valence-electron chi connectivity index (χ0n) is 18.8. The predicted octanol–water partition coefficient (Wildman–Crippen LogP) is 3.89. The number of rotatable bonds is 6. The minimum absolute atomic E-state index is 0.0556. The van der Waals surface area contributed by atoms with Crippen LogP contribution in [0.3, 0.4) is 0 Å². The summed E-state index contributed by atoms with van der Waals surface area (Å²) in [5, 5.41) is 38.6. The van der Waals surface area contributed by atoms with Crippen LogP contribution in [0, 0.1) is 0 Å². The maximum absolute atomic E-state index is 13.0. The van der Waals surface area contributed by atoms with E-state index in [2.05, 4.69) is 0 Å². The van der Waals surface area contributed by atoms with Gasteiger partial charge in [-0.05, 0) is 54.5 Å². The van der Waals surface area contributed by atoms with Crippen LogP contribution in [0.1, 0.15) is 35.8 Å². The molecular weight excluding hydrogens is 456 g/mol. The van der Waals surface area contributed by atoms with E-state index in [1.165, 1.54) is 62.6 Å². The minimum atomic E-state index is -1.61. The van der Waals surface area contributed by atoms with Crippen LogP contribution in [0.2, 0.25) is 0 Å². The monoisotopic (exact) mass is 478 g/mol. The van der Waals surface area contributed by atoms with Gasteiger partial charge in [-0.25, -0.2) is 4.79 Å². The number of phenols is 4. The van der Waals surface area contributed by atoms with Gasteiger partial charge in [0.15, 0.2) is 23.0 Å². The third-order valence-electron chi connectivity index (χ3n) is 5.45. The topological polar surface area (TPSA) is 147 Å². The van der Waals surface area contributed by atoms with Gasteiger partial charge in [0.1, 0.15) is 22.9 Å². The summed E-state index contributed by atoms with van der Waals surface area (Å²) < 4.78 is 17.1. The van der Waals surface area contributed by atoms with Gasteiger partial charge in [-0.1, -0.05) is 18.2 Å². The number of carbonyl (C=O) groups is 1. The highest BCUT2D eigenvalue weighted by Gasteiger charge is 2.48. The molecule has 35 heavy (non-hydrogen) atoms. The van der Waals surface area contributed by atoms with Gasteiger partial charge in [0.2, 0.25) is 5.79 Å². The summed E-state index contributed by atoms with van der Waals surface area (Å²) in [6.45, 7) is 1.36. The molecule has 1 aliphatic rings. The first-order valence-corrected chi connectivity index (χ1v) is 10.5. The number of phenolic OH excluding ortho intramolecular Hbond substituents is 4. The molecule has 0 radical (unpaired) electrons. The highest BCUT2D eigenvalue weighted by molar-refractivity contribution is 5.93. The number of hydrogen-bond donors (Lipinski definition) is 4. The Kier molecular flexibility index (Phi) is 6.10. The number of fused-ring (bicyclic) bond motifs is 1. The summed E-state index contributed by atoms with van der Waals surface area (Å²) in [4.78, 5) is 25.1. The number of methoxy groups -OCH3 is 1. The van der Waals surface area contributed by atoms with Crippen LogP contribution in [0.5, 0.6) is 28.7 Å². The van der Waals surface area contributed by atoms with E-state index in [1.807, 2.05) is 0 Å². The lowest BCUT2D eigenvalue weighted by atomic mass is 9.94. The third-order valence-corrected chi connectivity index (χ3v) is 5.45. The summed E-state index contributed by atoms with van der Waals surface area (Å²) in [7, 11) is 1.34. The molecule has 0 bridgehead atoms. The average Bonchev–Trinajstić information content (AvgIpc) is 3.10. The first kappa shape index (κ1) is 23.7. The molecule has 3 aromatic rings. The number of ether oxygens (including phenoxy) is 2. The van der Waals surface area contributed by atoms with Crippen LogP contribution in [0.25, 0.3) is 23.8 Å². The molecule has 9 nitrogen and oxygen atoms in total. The van der Waals surface area contributed by atoms with Crippen molar-refractivity contribution in [2.75, 3.05) is 7.11 Å². The van der Waals surface area contributed by atoms with E-state index in [-0.39, 0.29) is 57.8 Å². The molecule has 0 amide bonds. The Labute approximate surface area is 199 Å². The average molecular weight is 478 g/mol.